The number of hydrogen-bond acceptors (Lipinski definition) is 5. The largest absolute Gasteiger partial charge is 0.353 e. The van der Waals surface area contributed by atoms with E-state index in [9.17, 15) is 10.1 Å². The Balaban J connectivity index is 1.95. The monoisotopic (exact) mass is 378 g/mol. The van der Waals surface area contributed by atoms with Crippen LogP contribution in [0.3, 0.4) is 0 Å². The highest BCUT2D eigenvalue weighted by Crippen LogP contribution is 2.43. The first-order chi connectivity index (χ1) is 13.0. The van der Waals surface area contributed by atoms with E-state index < -0.39 is 5.60 Å². The van der Waals surface area contributed by atoms with E-state index in [1.807, 2.05) is 48.2 Å². The van der Waals surface area contributed by atoms with Gasteiger partial charge in [0.25, 0.3) is 5.91 Å². The van der Waals surface area contributed by atoms with Gasteiger partial charge < -0.3 is 14.2 Å². The predicted octanol–water partition coefficient (Wildman–Crippen LogP) is 3.28. The van der Waals surface area contributed by atoms with Crippen molar-refractivity contribution in [1.82, 2.24) is 9.55 Å². The van der Waals surface area contributed by atoms with E-state index in [1.54, 1.807) is 24.2 Å². The lowest BCUT2D eigenvalue weighted by atomic mass is 9.92. The molecule has 0 fully saturated rings. The normalized spacial score (nSPS) is 19.5. The van der Waals surface area contributed by atoms with Crippen molar-refractivity contribution >= 4 is 22.9 Å². The molecule has 3 heterocycles. The lowest BCUT2D eigenvalue weighted by Crippen LogP contribution is -2.29. The zero-order valence-corrected chi connectivity index (χ0v) is 16.1. The summed E-state index contributed by atoms with van der Waals surface area (Å²) < 4.78 is 7.95. The molecular weight excluding hydrogens is 360 g/mol. The highest BCUT2D eigenvalue weighted by molar-refractivity contribution is 7.09. The van der Waals surface area contributed by atoms with E-state index in [1.165, 1.54) is 11.3 Å². The number of hydrogen-bond donors (Lipinski definition) is 0. The molecule has 2 aromatic heterocycles. The van der Waals surface area contributed by atoms with Crippen LogP contribution in [0.2, 0.25) is 0 Å². The summed E-state index contributed by atoms with van der Waals surface area (Å²) >= 11 is 1.50. The summed E-state index contributed by atoms with van der Waals surface area (Å²) in [6, 6.07) is 11.8. The fourth-order valence-corrected chi connectivity index (χ4v) is 4.20. The number of fused-ring (bicyclic) bond motifs is 1. The first kappa shape index (κ1) is 17.5. The third-order valence-corrected chi connectivity index (χ3v) is 6.08. The molecule has 0 saturated heterocycles. The summed E-state index contributed by atoms with van der Waals surface area (Å²) in [5.74, 6) is -0.102. The first-order valence-electron chi connectivity index (χ1n) is 8.47. The minimum Gasteiger partial charge on any atom is -0.353 e. The van der Waals surface area contributed by atoms with Crippen LogP contribution in [0.15, 0.2) is 41.9 Å². The van der Waals surface area contributed by atoms with Gasteiger partial charge in [-0.25, -0.2) is 4.98 Å². The van der Waals surface area contributed by atoms with Crippen LogP contribution in [-0.2, 0) is 22.2 Å². The van der Waals surface area contributed by atoms with Crippen LogP contribution in [0.25, 0.3) is 11.3 Å². The second-order valence-electron chi connectivity index (χ2n) is 6.62. The van der Waals surface area contributed by atoms with E-state index in [2.05, 4.69) is 11.1 Å². The van der Waals surface area contributed by atoms with E-state index >= 15 is 0 Å². The number of thiazole rings is 1. The minimum absolute atomic E-state index is 0.0146. The topological polar surface area (TPSA) is 71.2 Å². The van der Waals surface area contributed by atoms with E-state index in [0.717, 1.165) is 27.5 Å². The molecule has 1 amide bonds. The molecule has 1 aliphatic rings. The van der Waals surface area contributed by atoms with Gasteiger partial charge in [0.05, 0.1) is 0 Å². The first-order valence-corrected chi connectivity index (χ1v) is 9.35. The molecule has 1 unspecified atom stereocenters. The van der Waals surface area contributed by atoms with Crippen LogP contribution in [-0.4, -0.2) is 29.1 Å². The van der Waals surface area contributed by atoms with Gasteiger partial charge in [0.2, 0.25) is 0 Å². The maximum absolute atomic E-state index is 12.4. The SMILES string of the molecule is CN1C(=O)COC(C)(c2nccs2)c2cc(-c3ccc(C#N)n3C)ccc21. The van der Waals surface area contributed by atoms with Crippen LogP contribution >= 0.6 is 11.3 Å². The Kier molecular flexibility index (Phi) is 4.10. The molecule has 0 bridgehead atoms. The summed E-state index contributed by atoms with van der Waals surface area (Å²) in [5, 5.41) is 11.9. The van der Waals surface area contributed by atoms with Crippen molar-refractivity contribution in [3.63, 3.8) is 0 Å². The van der Waals surface area contributed by atoms with Crippen molar-refractivity contribution in [1.29, 1.82) is 5.26 Å². The number of nitriles is 1. The van der Waals surface area contributed by atoms with Gasteiger partial charge in [-0.1, -0.05) is 6.07 Å². The second-order valence-corrected chi connectivity index (χ2v) is 7.51. The molecule has 6 nitrogen and oxygen atoms in total. The molecule has 0 spiro atoms. The quantitative estimate of drug-likeness (QED) is 0.686. The summed E-state index contributed by atoms with van der Waals surface area (Å²) in [7, 11) is 3.62. The van der Waals surface area contributed by atoms with Gasteiger partial charge in [0, 0.05) is 42.6 Å². The number of ether oxygens (including phenoxy) is 1. The van der Waals surface area contributed by atoms with Crippen molar-refractivity contribution in [2.75, 3.05) is 18.6 Å². The van der Waals surface area contributed by atoms with Crippen molar-refractivity contribution < 1.29 is 9.53 Å². The number of amides is 1. The average Bonchev–Trinajstić information content (AvgIpc) is 3.33. The van der Waals surface area contributed by atoms with Crippen molar-refractivity contribution in [3.05, 3.63) is 58.2 Å². The summed E-state index contributed by atoms with van der Waals surface area (Å²) in [6.07, 6.45) is 1.74. The number of likely N-dealkylation sites (N-methyl/N-ethyl adjacent to an activating group) is 1. The molecule has 3 aromatic rings. The molecule has 0 saturated carbocycles. The highest BCUT2D eigenvalue weighted by atomic mass is 32.1. The number of carbonyl (C=O) groups excluding carboxylic acids is 1. The zero-order valence-electron chi connectivity index (χ0n) is 15.3. The van der Waals surface area contributed by atoms with E-state index in [0.29, 0.717) is 5.69 Å². The van der Waals surface area contributed by atoms with Crippen LogP contribution < -0.4 is 4.90 Å². The molecule has 27 heavy (non-hydrogen) atoms. The Hall–Kier alpha value is -2.95. The Morgan fingerprint density at radius 2 is 2.11 bits per heavy atom. The van der Waals surface area contributed by atoms with Gasteiger partial charge in [-0.2, -0.15) is 5.26 Å². The van der Waals surface area contributed by atoms with E-state index in [-0.39, 0.29) is 12.5 Å². The second kappa shape index (κ2) is 6.34. The average molecular weight is 378 g/mol. The summed E-state index contributed by atoms with van der Waals surface area (Å²) in [5.41, 5.74) is 3.31. The third-order valence-electron chi connectivity index (χ3n) is 5.10. The molecule has 1 atom stereocenters. The molecule has 1 aromatic carbocycles. The fraction of sp³-hybridized carbons (Fsp3) is 0.250. The number of aromatic nitrogens is 2. The van der Waals surface area contributed by atoms with Gasteiger partial charge in [-0.3, -0.25) is 4.79 Å². The standard InChI is InChI=1S/C20H18N4O2S/c1-20(19-22-8-9-27-19)15-10-13(16-7-5-14(11-21)23(16)2)4-6-17(15)24(3)18(25)12-26-20/h4-10H,12H2,1-3H3. The highest BCUT2D eigenvalue weighted by Gasteiger charge is 2.40. The Bertz CT molecular complexity index is 1060. The lowest BCUT2D eigenvalue weighted by molar-refractivity contribution is -0.126. The molecule has 136 valence electrons. The number of benzene rings is 1. The van der Waals surface area contributed by atoms with Gasteiger partial charge in [0.1, 0.15) is 29.0 Å². The summed E-state index contributed by atoms with van der Waals surface area (Å²) in [4.78, 5) is 18.5. The maximum atomic E-state index is 12.4. The predicted molar refractivity (Wildman–Crippen MR) is 103 cm³/mol. The Morgan fingerprint density at radius 3 is 2.78 bits per heavy atom. The smallest absolute Gasteiger partial charge is 0.252 e. The van der Waals surface area contributed by atoms with Gasteiger partial charge in [-0.05, 0) is 36.8 Å². The molecule has 4 rings (SSSR count). The Morgan fingerprint density at radius 1 is 1.30 bits per heavy atom. The van der Waals surface area contributed by atoms with Crippen LogP contribution in [0, 0.1) is 11.3 Å². The fourth-order valence-electron chi connectivity index (χ4n) is 3.43. The van der Waals surface area contributed by atoms with Crippen LogP contribution in [0.1, 0.15) is 23.2 Å². The lowest BCUT2D eigenvalue weighted by Gasteiger charge is -2.28. The number of anilines is 1. The Labute approximate surface area is 161 Å². The van der Waals surface area contributed by atoms with Crippen molar-refractivity contribution in [2.24, 2.45) is 7.05 Å². The molecule has 1 aliphatic heterocycles. The molecule has 7 heteroatoms. The van der Waals surface area contributed by atoms with E-state index in [4.69, 9.17) is 4.74 Å². The van der Waals surface area contributed by atoms with Gasteiger partial charge >= 0.3 is 0 Å². The van der Waals surface area contributed by atoms with Crippen molar-refractivity contribution in [3.8, 4) is 17.3 Å². The molecule has 0 radical (unpaired) electrons. The zero-order chi connectivity index (χ0) is 19.2. The number of carbonyl (C=O) groups is 1. The van der Waals surface area contributed by atoms with Gasteiger partial charge in [-0.15, -0.1) is 11.3 Å². The van der Waals surface area contributed by atoms with Crippen molar-refractivity contribution in [2.45, 2.75) is 12.5 Å². The third kappa shape index (κ3) is 2.65. The summed E-state index contributed by atoms with van der Waals surface area (Å²) in [6.45, 7) is 1.94. The van der Waals surface area contributed by atoms with Gasteiger partial charge in [0.15, 0.2) is 0 Å². The minimum atomic E-state index is -0.830. The molecule has 0 N–H and O–H groups in total. The number of rotatable bonds is 2. The maximum Gasteiger partial charge on any atom is 0.252 e. The molecule has 0 aliphatic carbocycles. The van der Waals surface area contributed by atoms with Crippen LogP contribution in [0.5, 0.6) is 0 Å². The van der Waals surface area contributed by atoms with Crippen LogP contribution in [0.4, 0.5) is 5.69 Å². The molecular formula is C20H18N4O2S. The number of nitrogens with zero attached hydrogens (tertiary/aromatic N) is 4.